The minimum Gasteiger partial charge on any atom is -0.366 e. The third-order valence-corrected chi connectivity index (χ3v) is 5.78. The van der Waals surface area contributed by atoms with Crippen molar-refractivity contribution in [3.63, 3.8) is 0 Å². The van der Waals surface area contributed by atoms with Gasteiger partial charge in [0.15, 0.2) is 0 Å². The topological polar surface area (TPSA) is 59.2 Å². The van der Waals surface area contributed by atoms with Gasteiger partial charge in [-0.1, -0.05) is 32.0 Å². The Morgan fingerprint density at radius 2 is 2.16 bits per heavy atom. The molecule has 0 unspecified atom stereocenters. The van der Waals surface area contributed by atoms with E-state index in [2.05, 4.69) is 35.9 Å². The molecular weight excluding hydrogens is 310 g/mol. The Balaban J connectivity index is 1.66. The van der Waals surface area contributed by atoms with Gasteiger partial charge in [0.2, 0.25) is 5.91 Å². The molecule has 4 nitrogen and oxygen atoms in total. The first-order valence-electron chi connectivity index (χ1n) is 9.01. The number of nitrogens with two attached hydrogens (primary N) is 1. The van der Waals surface area contributed by atoms with Gasteiger partial charge in [0.05, 0.1) is 0 Å². The number of primary amides is 1. The van der Waals surface area contributed by atoms with Gasteiger partial charge in [-0.2, -0.15) is 0 Å². The van der Waals surface area contributed by atoms with Crippen LogP contribution in [0.25, 0.3) is 0 Å². The highest BCUT2D eigenvalue weighted by Gasteiger charge is 2.38. The fourth-order valence-electron chi connectivity index (χ4n) is 3.80. The van der Waals surface area contributed by atoms with Crippen molar-refractivity contribution in [1.29, 1.82) is 0 Å². The number of rotatable bonds is 5. The van der Waals surface area contributed by atoms with E-state index in [4.69, 9.17) is 5.73 Å². The lowest BCUT2D eigenvalue weighted by atomic mass is 9.68. The Bertz CT molecular complexity index is 731. The zero-order chi connectivity index (χ0) is 17.9. The highest BCUT2D eigenvalue weighted by atomic mass is 16.1. The van der Waals surface area contributed by atoms with Gasteiger partial charge in [0.25, 0.3) is 0 Å². The molecule has 25 heavy (non-hydrogen) atoms. The van der Waals surface area contributed by atoms with Crippen molar-refractivity contribution in [2.24, 2.45) is 11.7 Å². The Labute approximate surface area is 150 Å². The average molecular weight is 337 g/mol. The van der Waals surface area contributed by atoms with Gasteiger partial charge in [-0.15, -0.1) is 0 Å². The van der Waals surface area contributed by atoms with Crippen LogP contribution >= 0.6 is 0 Å². The Hall–Kier alpha value is -2.20. The summed E-state index contributed by atoms with van der Waals surface area (Å²) in [5.74, 6) is 0.152. The zero-order valence-corrected chi connectivity index (χ0v) is 15.1. The van der Waals surface area contributed by atoms with Crippen LogP contribution in [0.15, 0.2) is 48.7 Å². The molecule has 3 rings (SSSR count). The third-order valence-electron chi connectivity index (χ3n) is 5.78. The van der Waals surface area contributed by atoms with E-state index in [0.29, 0.717) is 11.5 Å². The summed E-state index contributed by atoms with van der Waals surface area (Å²) >= 11 is 0. The summed E-state index contributed by atoms with van der Waals surface area (Å²) in [6.07, 6.45) is 3.93. The fourth-order valence-corrected chi connectivity index (χ4v) is 3.80. The molecule has 2 N–H and O–H groups in total. The highest BCUT2D eigenvalue weighted by Crippen LogP contribution is 2.39. The van der Waals surface area contributed by atoms with Crippen molar-refractivity contribution in [1.82, 2.24) is 9.88 Å². The lowest BCUT2D eigenvalue weighted by molar-refractivity contribution is 0.0998. The Morgan fingerprint density at radius 1 is 1.32 bits per heavy atom. The second kappa shape index (κ2) is 7.36. The van der Waals surface area contributed by atoms with Crippen molar-refractivity contribution >= 4 is 5.91 Å². The van der Waals surface area contributed by atoms with E-state index < -0.39 is 0 Å². The predicted octanol–water partition coefficient (Wildman–Crippen LogP) is 3.02. The third kappa shape index (κ3) is 3.90. The van der Waals surface area contributed by atoms with Crippen molar-refractivity contribution < 1.29 is 4.79 Å². The summed E-state index contributed by atoms with van der Waals surface area (Å²) in [6.45, 7) is 7.79. The van der Waals surface area contributed by atoms with Gasteiger partial charge in [-0.3, -0.25) is 9.78 Å². The molecule has 0 radical (unpaired) electrons. The number of piperidine rings is 1. The molecule has 2 heterocycles. The summed E-state index contributed by atoms with van der Waals surface area (Å²) in [7, 11) is 0. The number of nitrogens with zero attached hydrogens (tertiary/aromatic N) is 2. The molecular formula is C21H27N3O. The Kier molecular flexibility index (Phi) is 5.19. The van der Waals surface area contributed by atoms with Crippen LogP contribution in [-0.4, -0.2) is 35.4 Å². The van der Waals surface area contributed by atoms with E-state index in [9.17, 15) is 4.79 Å². The number of pyridine rings is 1. The average Bonchev–Trinajstić information content (AvgIpc) is 2.64. The fraction of sp³-hybridized carbons (Fsp3) is 0.429. The molecule has 4 heteroatoms. The Morgan fingerprint density at radius 3 is 2.84 bits per heavy atom. The van der Waals surface area contributed by atoms with Gasteiger partial charge >= 0.3 is 0 Å². The summed E-state index contributed by atoms with van der Waals surface area (Å²) < 4.78 is 0. The van der Waals surface area contributed by atoms with Crippen LogP contribution < -0.4 is 5.73 Å². The number of benzene rings is 1. The minimum atomic E-state index is -0.356. The number of hydrogen-bond donors (Lipinski definition) is 1. The van der Waals surface area contributed by atoms with Crippen molar-refractivity contribution in [3.8, 4) is 0 Å². The van der Waals surface area contributed by atoms with Gasteiger partial charge in [-0.25, -0.2) is 0 Å². The molecule has 2 aromatic rings. The molecule has 132 valence electrons. The van der Waals surface area contributed by atoms with Gasteiger partial charge in [-0.05, 0) is 54.1 Å². The molecule has 1 aliphatic heterocycles. The number of amides is 1. The summed E-state index contributed by atoms with van der Waals surface area (Å²) in [5, 5.41) is 0. The van der Waals surface area contributed by atoms with Crippen LogP contribution in [0, 0.1) is 5.92 Å². The van der Waals surface area contributed by atoms with Crippen LogP contribution in [0.1, 0.15) is 41.9 Å². The number of carbonyl (C=O) groups excluding carboxylic acids is 1. The molecule has 1 aromatic heterocycles. The largest absolute Gasteiger partial charge is 0.366 e. The zero-order valence-electron chi connectivity index (χ0n) is 15.1. The lowest BCUT2D eigenvalue weighted by Crippen LogP contribution is -2.47. The second-order valence-corrected chi connectivity index (χ2v) is 7.39. The monoisotopic (exact) mass is 337 g/mol. The van der Waals surface area contributed by atoms with Crippen molar-refractivity contribution in [2.75, 3.05) is 19.6 Å². The molecule has 0 spiro atoms. The van der Waals surface area contributed by atoms with Gasteiger partial charge in [0.1, 0.15) is 0 Å². The molecule has 1 aliphatic rings. The minimum absolute atomic E-state index is 0.0763. The number of hydrogen-bond acceptors (Lipinski definition) is 3. The van der Waals surface area contributed by atoms with E-state index in [0.717, 1.165) is 38.2 Å². The molecule has 0 saturated carbocycles. The van der Waals surface area contributed by atoms with E-state index in [-0.39, 0.29) is 11.3 Å². The smallest absolute Gasteiger partial charge is 0.248 e. The van der Waals surface area contributed by atoms with Gasteiger partial charge < -0.3 is 10.6 Å². The van der Waals surface area contributed by atoms with Crippen LogP contribution in [0.4, 0.5) is 0 Å². The van der Waals surface area contributed by atoms with Crippen LogP contribution in [-0.2, 0) is 11.8 Å². The highest BCUT2D eigenvalue weighted by molar-refractivity contribution is 5.92. The van der Waals surface area contributed by atoms with E-state index in [1.807, 2.05) is 30.5 Å². The van der Waals surface area contributed by atoms with Crippen LogP contribution in [0.5, 0.6) is 0 Å². The van der Waals surface area contributed by atoms with E-state index in [1.54, 1.807) is 6.07 Å². The summed E-state index contributed by atoms with van der Waals surface area (Å²) in [4.78, 5) is 18.4. The number of aromatic nitrogens is 1. The quantitative estimate of drug-likeness (QED) is 0.912. The maximum Gasteiger partial charge on any atom is 0.248 e. The summed E-state index contributed by atoms with van der Waals surface area (Å²) in [5.41, 5.74) is 8.50. The first-order chi connectivity index (χ1) is 12.0. The van der Waals surface area contributed by atoms with Crippen molar-refractivity contribution in [2.45, 2.75) is 32.1 Å². The molecule has 1 amide bonds. The molecule has 1 aromatic carbocycles. The number of likely N-dealkylation sites (tertiary alicyclic amines) is 1. The predicted molar refractivity (Wildman–Crippen MR) is 100 cm³/mol. The second-order valence-electron chi connectivity index (χ2n) is 7.39. The maximum absolute atomic E-state index is 11.5. The maximum atomic E-state index is 11.5. The molecule has 1 saturated heterocycles. The first kappa shape index (κ1) is 17.6. The van der Waals surface area contributed by atoms with Crippen molar-refractivity contribution in [3.05, 3.63) is 65.5 Å². The normalized spacial score (nSPS) is 24.2. The molecule has 0 aliphatic carbocycles. The number of carbonyl (C=O) groups is 1. The molecule has 2 atom stereocenters. The summed E-state index contributed by atoms with van der Waals surface area (Å²) in [6, 6.07) is 13.9. The standard InChI is InChI=1S/C21H27N3O/c1-16-15-24(12-9-19-8-3-4-11-23-19)13-10-21(16,2)18-7-5-6-17(14-18)20(22)25/h3-8,11,14,16H,9-10,12-13,15H2,1-2H3,(H2,22,25)/t16-,21-/m0/s1. The molecule has 0 bridgehead atoms. The molecule has 1 fully saturated rings. The van der Waals surface area contributed by atoms with Crippen LogP contribution in [0.2, 0.25) is 0 Å². The first-order valence-corrected chi connectivity index (χ1v) is 9.01. The van der Waals surface area contributed by atoms with Crippen LogP contribution in [0.3, 0.4) is 0 Å². The SMILES string of the molecule is C[C@H]1CN(CCc2ccccn2)CC[C@]1(C)c1cccc(C(N)=O)c1. The van der Waals surface area contributed by atoms with Gasteiger partial charge in [0, 0.05) is 37.0 Å². The van der Waals surface area contributed by atoms with E-state index >= 15 is 0 Å². The lowest BCUT2D eigenvalue weighted by Gasteiger charge is -2.45. The van der Waals surface area contributed by atoms with E-state index in [1.165, 1.54) is 5.56 Å².